The van der Waals surface area contributed by atoms with Crippen LogP contribution >= 0.6 is 0 Å². The van der Waals surface area contributed by atoms with Crippen LogP contribution in [0.4, 0.5) is 0 Å². The van der Waals surface area contributed by atoms with E-state index >= 15 is 0 Å². The lowest BCUT2D eigenvalue weighted by molar-refractivity contribution is -0.355. The first-order valence-corrected chi connectivity index (χ1v) is 7.15. The third kappa shape index (κ3) is 2.75. The Hall–Kier alpha value is -2.18. The molecule has 1 aliphatic carbocycles. The highest BCUT2D eigenvalue weighted by atomic mass is 17.2. The van der Waals surface area contributed by atoms with Gasteiger partial charge >= 0.3 is 11.9 Å². The molecule has 0 spiro atoms. The highest BCUT2D eigenvalue weighted by Crippen LogP contribution is 2.45. The van der Waals surface area contributed by atoms with Gasteiger partial charge in [0.1, 0.15) is 12.2 Å². The van der Waals surface area contributed by atoms with E-state index in [1.54, 1.807) is 0 Å². The van der Waals surface area contributed by atoms with E-state index in [4.69, 9.17) is 20.0 Å². The molecule has 0 radical (unpaired) electrons. The summed E-state index contributed by atoms with van der Waals surface area (Å²) in [5, 5.41) is 17.8. The third-order valence-corrected chi connectivity index (χ3v) is 3.98. The Morgan fingerprint density at radius 2 is 1.27 bits per heavy atom. The Morgan fingerprint density at radius 3 is 1.59 bits per heavy atom. The van der Waals surface area contributed by atoms with Gasteiger partial charge in [0.25, 0.3) is 0 Å². The number of carboxylic acid groups (broad SMARTS) is 2. The van der Waals surface area contributed by atoms with Gasteiger partial charge in [0.2, 0.25) is 0 Å². The molecule has 4 rings (SSSR count). The maximum absolute atomic E-state index is 10.8. The summed E-state index contributed by atoms with van der Waals surface area (Å²) in [6.45, 7) is 0. The van der Waals surface area contributed by atoms with Crippen LogP contribution < -0.4 is 0 Å². The van der Waals surface area contributed by atoms with Crippen molar-refractivity contribution < 1.29 is 29.6 Å². The van der Waals surface area contributed by atoms with Crippen LogP contribution in [-0.4, -0.2) is 22.2 Å². The molecule has 2 unspecified atom stereocenters. The van der Waals surface area contributed by atoms with E-state index in [0.29, 0.717) is 12.8 Å². The number of aliphatic carboxylic acids is 2. The Balaban J connectivity index is 1.97. The molecule has 2 aliphatic heterocycles. The smallest absolute Gasteiger partial charge is 0.303 e. The molecule has 0 fully saturated rings. The molecule has 22 heavy (non-hydrogen) atoms. The number of rotatable bonds is 6. The lowest BCUT2D eigenvalue weighted by atomic mass is 9.82. The molecule has 2 bridgehead atoms. The van der Waals surface area contributed by atoms with Crippen molar-refractivity contribution in [3.8, 4) is 0 Å². The van der Waals surface area contributed by atoms with Crippen LogP contribution in [0.3, 0.4) is 0 Å². The maximum Gasteiger partial charge on any atom is 0.303 e. The molecule has 6 nitrogen and oxygen atoms in total. The van der Waals surface area contributed by atoms with Crippen molar-refractivity contribution in [1.82, 2.24) is 0 Å². The molecule has 2 heterocycles. The first-order chi connectivity index (χ1) is 10.6. The SMILES string of the molecule is O=C(O)CCc1ccc(CCC(=O)O)c2c1C1C=CC2OO1. The first-order valence-electron chi connectivity index (χ1n) is 7.15. The van der Waals surface area contributed by atoms with E-state index in [1.807, 2.05) is 24.3 Å². The fourth-order valence-corrected chi connectivity index (χ4v) is 2.99. The quantitative estimate of drug-likeness (QED) is 0.619. The fraction of sp³-hybridized carbons (Fsp3) is 0.375. The second kappa shape index (κ2) is 5.90. The molecular weight excluding hydrogens is 288 g/mol. The predicted molar refractivity (Wildman–Crippen MR) is 75.1 cm³/mol. The Kier molecular flexibility index (Phi) is 3.96. The van der Waals surface area contributed by atoms with Gasteiger partial charge < -0.3 is 10.2 Å². The zero-order chi connectivity index (χ0) is 15.7. The molecule has 1 aromatic carbocycles. The molecule has 0 aromatic heterocycles. The van der Waals surface area contributed by atoms with E-state index in [1.165, 1.54) is 0 Å². The first kappa shape index (κ1) is 14.7. The number of aryl methyl sites for hydroxylation is 2. The van der Waals surface area contributed by atoms with Gasteiger partial charge in [-0.15, -0.1) is 0 Å². The van der Waals surface area contributed by atoms with Crippen molar-refractivity contribution in [1.29, 1.82) is 0 Å². The molecule has 6 heteroatoms. The highest BCUT2D eigenvalue weighted by Gasteiger charge is 2.35. The standard InChI is InChI=1S/C16H16O6/c17-13(18)7-3-9-1-2-10(4-8-14(19)20)16-12-6-5-11(15(9)16)21-22-12/h1-2,5-6,11-12H,3-4,7-8H2,(H,17,18)(H,19,20). The summed E-state index contributed by atoms with van der Waals surface area (Å²) in [7, 11) is 0. The second-order valence-corrected chi connectivity index (χ2v) is 5.42. The maximum atomic E-state index is 10.8. The van der Waals surface area contributed by atoms with Crippen LogP contribution in [-0.2, 0) is 32.2 Å². The molecule has 0 amide bonds. The monoisotopic (exact) mass is 304 g/mol. The number of carboxylic acids is 2. The van der Waals surface area contributed by atoms with Gasteiger partial charge in [-0.3, -0.25) is 9.59 Å². The van der Waals surface area contributed by atoms with E-state index in [2.05, 4.69) is 0 Å². The van der Waals surface area contributed by atoms with E-state index in [0.717, 1.165) is 22.3 Å². The number of hydrogen-bond acceptors (Lipinski definition) is 4. The molecule has 2 N–H and O–H groups in total. The highest BCUT2D eigenvalue weighted by molar-refractivity contribution is 5.68. The van der Waals surface area contributed by atoms with Gasteiger partial charge in [-0.1, -0.05) is 12.1 Å². The van der Waals surface area contributed by atoms with Gasteiger partial charge in [-0.2, -0.15) is 0 Å². The topological polar surface area (TPSA) is 93.1 Å². The van der Waals surface area contributed by atoms with E-state index < -0.39 is 11.9 Å². The van der Waals surface area contributed by atoms with E-state index in [-0.39, 0.29) is 25.0 Å². The minimum Gasteiger partial charge on any atom is -0.481 e. The van der Waals surface area contributed by atoms with Crippen molar-refractivity contribution in [2.45, 2.75) is 37.9 Å². The third-order valence-electron chi connectivity index (χ3n) is 3.98. The summed E-state index contributed by atoms with van der Waals surface area (Å²) >= 11 is 0. The average Bonchev–Trinajstić information content (AvgIpc) is 2.52. The molecule has 3 aliphatic rings. The molecular formula is C16H16O6. The minimum absolute atomic E-state index is 0.0445. The number of hydrogen-bond donors (Lipinski definition) is 2. The molecule has 2 atom stereocenters. The van der Waals surface area contributed by atoms with E-state index in [9.17, 15) is 9.59 Å². The fourth-order valence-electron chi connectivity index (χ4n) is 2.99. The Bertz CT molecular complexity index is 593. The largest absolute Gasteiger partial charge is 0.481 e. The Morgan fingerprint density at radius 1 is 0.864 bits per heavy atom. The van der Waals surface area contributed by atoms with Crippen molar-refractivity contribution in [2.75, 3.05) is 0 Å². The van der Waals surface area contributed by atoms with Crippen LogP contribution in [0.1, 0.15) is 47.3 Å². The van der Waals surface area contributed by atoms with Crippen LogP contribution in [0.15, 0.2) is 24.3 Å². The zero-order valence-electron chi connectivity index (χ0n) is 11.8. The summed E-state index contributed by atoms with van der Waals surface area (Å²) in [4.78, 5) is 32.2. The number of benzene rings is 1. The lowest BCUT2D eigenvalue weighted by Gasteiger charge is -2.35. The molecule has 1 aromatic rings. The summed E-state index contributed by atoms with van der Waals surface area (Å²) in [6, 6.07) is 3.74. The normalized spacial score (nSPS) is 21.6. The van der Waals surface area contributed by atoms with Gasteiger partial charge in [0, 0.05) is 12.8 Å². The van der Waals surface area contributed by atoms with Gasteiger partial charge in [-0.25, -0.2) is 9.78 Å². The Labute approximate surface area is 126 Å². The molecule has 0 saturated carbocycles. The minimum atomic E-state index is -0.850. The number of carbonyl (C=O) groups is 2. The molecule has 116 valence electrons. The van der Waals surface area contributed by atoms with Crippen molar-refractivity contribution >= 4 is 11.9 Å². The van der Waals surface area contributed by atoms with Crippen molar-refractivity contribution in [3.05, 3.63) is 46.5 Å². The van der Waals surface area contributed by atoms with Crippen LogP contribution in [0.5, 0.6) is 0 Å². The summed E-state index contributed by atoms with van der Waals surface area (Å²) in [5.74, 6) is -1.70. The average molecular weight is 304 g/mol. The zero-order valence-corrected chi connectivity index (χ0v) is 11.8. The van der Waals surface area contributed by atoms with Crippen molar-refractivity contribution in [2.24, 2.45) is 0 Å². The summed E-state index contributed by atoms with van der Waals surface area (Å²) in [5.41, 5.74) is 3.70. The molecule has 0 saturated heterocycles. The number of fused-ring (bicyclic) bond motifs is 1. The van der Waals surface area contributed by atoms with Crippen molar-refractivity contribution in [3.63, 3.8) is 0 Å². The predicted octanol–water partition coefficient (Wildman–Crippen LogP) is 2.33. The van der Waals surface area contributed by atoms with Gasteiger partial charge in [0.15, 0.2) is 0 Å². The van der Waals surface area contributed by atoms with Crippen LogP contribution in [0.2, 0.25) is 0 Å². The summed E-state index contributed by atoms with van der Waals surface area (Å²) < 4.78 is 0. The van der Waals surface area contributed by atoms with Gasteiger partial charge in [-0.05, 0) is 47.2 Å². The van der Waals surface area contributed by atoms with Gasteiger partial charge in [0.05, 0.1) is 0 Å². The van der Waals surface area contributed by atoms with Crippen LogP contribution in [0, 0.1) is 0 Å². The van der Waals surface area contributed by atoms with Crippen LogP contribution in [0.25, 0.3) is 0 Å². The lowest BCUT2D eigenvalue weighted by Crippen LogP contribution is -2.25. The summed E-state index contributed by atoms with van der Waals surface area (Å²) in [6.07, 6.45) is 3.99. The second-order valence-electron chi connectivity index (χ2n) is 5.42.